The molecule has 3 N–H and O–H groups in total. The van der Waals surface area contributed by atoms with Gasteiger partial charge in [-0.3, -0.25) is 9.59 Å². The molecule has 0 aliphatic rings. The van der Waals surface area contributed by atoms with Crippen LogP contribution < -0.4 is 15.2 Å². The summed E-state index contributed by atoms with van der Waals surface area (Å²) in [6.07, 6.45) is 1.49. The van der Waals surface area contributed by atoms with Gasteiger partial charge in [0.25, 0.3) is 5.91 Å². The molecule has 0 saturated heterocycles. The zero-order chi connectivity index (χ0) is 19.3. The first kappa shape index (κ1) is 19.5. The maximum Gasteiger partial charge on any atom is 0.257 e. The Bertz CT molecular complexity index is 893. The second-order valence-electron chi connectivity index (χ2n) is 5.42. The van der Waals surface area contributed by atoms with Gasteiger partial charge in [-0.1, -0.05) is 0 Å². The summed E-state index contributed by atoms with van der Waals surface area (Å²) in [7, 11) is -1.22. The highest BCUT2D eigenvalue weighted by molar-refractivity contribution is 7.89. The molecule has 0 radical (unpaired) electrons. The third-order valence-corrected chi connectivity index (χ3v) is 4.41. The van der Waals surface area contributed by atoms with Crippen molar-refractivity contribution in [2.75, 3.05) is 20.7 Å². The molecular formula is C16H19N3O6S. The molecule has 1 aromatic carbocycles. The Hall–Kier alpha value is -2.85. The van der Waals surface area contributed by atoms with Crippen molar-refractivity contribution in [3.63, 3.8) is 0 Å². The van der Waals surface area contributed by atoms with E-state index < -0.39 is 21.8 Å². The maximum absolute atomic E-state index is 12.6. The Kier molecular flexibility index (Phi) is 6.01. The van der Waals surface area contributed by atoms with Crippen LogP contribution in [0.2, 0.25) is 0 Å². The van der Waals surface area contributed by atoms with E-state index in [2.05, 4.69) is 5.32 Å². The number of nitrogens with one attached hydrogen (secondary N) is 1. The minimum absolute atomic E-state index is 0.0136. The number of sulfonamides is 1. The Labute approximate surface area is 150 Å². The van der Waals surface area contributed by atoms with Crippen molar-refractivity contribution in [3.05, 3.63) is 47.9 Å². The zero-order valence-corrected chi connectivity index (χ0v) is 15.1. The fraction of sp³-hybridized carbons (Fsp3) is 0.250. The van der Waals surface area contributed by atoms with Gasteiger partial charge < -0.3 is 19.4 Å². The number of hydrogen-bond acceptors (Lipinski definition) is 6. The number of primary sulfonamides is 1. The quantitative estimate of drug-likeness (QED) is 0.710. The predicted molar refractivity (Wildman–Crippen MR) is 91.9 cm³/mol. The van der Waals surface area contributed by atoms with E-state index in [1.165, 1.54) is 32.6 Å². The summed E-state index contributed by atoms with van der Waals surface area (Å²) in [6, 6.07) is 7.09. The fourth-order valence-corrected chi connectivity index (χ4v) is 2.72. The van der Waals surface area contributed by atoms with Crippen molar-refractivity contribution in [3.8, 4) is 5.75 Å². The van der Waals surface area contributed by atoms with Gasteiger partial charge in [0, 0.05) is 7.05 Å². The van der Waals surface area contributed by atoms with Gasteiger partial charge in [-0.25, -0.2) is 13.6 Å². The van der Waals surface area contributed by atoms with Crippen LogP contribution in [-0.2, 0) is 21.4 Å². The van der Waals surface area contributed by atoms with Crippen molar-refractivity contribution in [1.82, 2.24) is 10.2 Å². The SMILES string of the molecule is COc1ccc(S(N)(=O)=O)cc1C(=O)N(C)CC(=O)NCc1ccco1. The first-order valence-corrected chi connectivity index (χ1v) is 9.02. The molecule has 9 nitrogen and oxygen atoms in total. The lowest BCUT2D eigenvalue weighted by Crippen LogP contribution is -2.38. The zero-order valence-electron chi connectivity index (χ0n) is 14.3. The number of ether oxygens (including phenoxy) is 1. The molecule has 140 valence electrons. The van der Waals surface area contributed by atoms with E-state index in [0.29, 0.717) is 5.76 Å². The first-order chi connectivity index (χ1) is 12.2. The number of amides is 2. The van der Waals surface area contributed by atoms with Crippen LogP contribution in [-0.4, -0.2) is 45.8 Å². The summed E-state index contributed by atoms with van der Waals surface area (Å²) in [5.41, 5.74) is -0.0136. The number of likely N-dealkylation sites (N-methyl/N-ethyl adjacent to an activating group) is 1. The van der Waals surface area contributed by atoms with E-state index in [-0.39, 0.29) is 29.3 Å². The van der Waals surface area contributed by atoms with E-state index in [0.717, 1.165) is 11.0 Å². The molecular weight excluding hydrogens is 362 g/mol. The minimum Gasteiger partial charge on any atom is -0.496 e. The van der Waals surface area contributed by atoms with E-state index in [1.54, 1.807) is 12.1 Å². The molecule has 0 fully saturated rings. The Morgan fingerprint density at radius 1 is 1.31 bits per heavy atom. The van der Waals surface area contributed by atoms with Crippen LogP contribution in [0.3, 0.4) is 0 Å². The van der Waals surface area contributed by atoms with Gasteiger partial charge in [-0.05, 0) is 30.3 Å². The molecule has 2 amide bonds. The number of carbonyl (C=O) groups is 2. The highest BCUT2D eigenvalue weighted by atomic mass is 32.2. The van der Waals surface area contributed by atoms with Crippen LogP contribution in [0.4, 0.5) is 0 Å². The smallest absolute Gasteiger partial charge is 0.257 e. The van der Waals surface area contributed by atoms with Gasteiger partial charge in [0.15, 0.2) is 0 Å². The van der Waals surface area contributed by atoms with Crippen molar-refractivity contribution in [2.24, 2.45) is 5.14 Å². The molecule has 26 heavy (non-hydrogen) atoms. The molecule has 0 atom stereocenters. The topological polar surface area (TPSA) is 132 Å². The molecule has 0 bridgehead atoms. The summed E-state index contributed by atoms with van der Waals surface area (Å²) >= 11 is 0. The molecule has 0 saturated carbocycles. The average molecular weight is 381 g/mol. The van der Waals surface area contributed by atoms with Crippen LogP contribution in [0.25, 0.3) is 0 Å². The Balaban J connectivity index is 2.10. The molecule has 0 aliphatic heterocycles. The number of nitrogens with two attached hydrogens (primary N) is 1. The van der Waals surface area contributed by atoms with Gasteiger partial charge in [0.1, 0.15) is 11.5 Å². The lowest BCUT2D eigenvalue weighted by molar-refractivity contribution is -0.121. The van der Waals surface area contributed by atoms with Crippen molar-refractivity contribution in [2.45, 2.75) is 11.4 Å². The lowest BCUT2D eigenvalue weighted by atomic mass is 10.1. The lowest BCUT2D eigenvalue weighted by Gasteiger charge is -2.18. The standard InChI is InChI=1S/C16H19N3O6S/c1-19(10-15(20)18-9-11-4-3-7-25-11)16(21)13-8-12(26(17,22)23)5-6-14(13)24-2/h3-8H,9-10H2,1-2H3,(H,18,20)(H2,17,22,23). The average Bonchev–Trinajstić information content (AvgIpc) is 3.11. The normalized spacial score (nSPS) is 11.0. The molecule has 1 aromatic heterocycles. The van der Waals surface area contributed by atoms with Crippen LogP contribution in [0.5, 0.6) is 5.75 Å². The van der Waals surface area contributed by atoms with Gasteiger partial charge in [0.05, 0.1) is 36.9 Å². The number of furan rings is 1. The number of rotatable bonds is 7. The molecule has 10 heteroatoms. The maximum atomic E-state index is 12.6. The van der Waals surface area contributed by atoms with Crippen molar-refractivity contribution >= 4 is 21.8 Å². The van der Waals surface area contributed by atoms with E-state index in [1.807, 2.05) is 0 Å². The van der Waals surface area contributed by atoms with E-state index >= 15 is 0 Å². The molecule has 0 aliphatic carbocycles. The summed E-state index contributed by atoms with van der Waals surface area (Å²) in [5.74, 6) is -0.237. The van der Waals surface area contributed by atoms with Crippen LogP contribution in [0.15, 0.2) is 45.9 Å². The van der Waals surface area contributed by atoms with E-state index in [9.17, 15) is 18.0 Å². The number of benzene rings is 1. The molecule has 0 unspecified atom stereocenters. The minimum atomic E-state index is -3.98. The first-order valence-electron chi connectivity index (χ1n) is 7.47. The molecule has 2 rings (SSSR count). The fourth-order valence-electron chi connectivity index (χ4n) is 2.18. The number of hydrogen-bond donors (Lipinski definition) is 2. The second-order valence-corrected chi connectivity index (χ2v) is 6.99. The third kappa shape index (κ3) is 4.83. The highest BCUT2D eigenvalue weighted by Crippen LogP contribution is 2.23. The molecule has 2 aromatic rings. The largest absolute Gasteiger partial charge is 0.496 e. The van der Waals surface area contributed by atoms with Crippen LogP contribution >= 0.6 is 0 Å². The van der Waals surface area contributed by atoms with E-state index in [4.69, 9.17) is 14.3 Å². The molecule has 0 spiro atoms. The summed E-state index contributed by atoms with van der Waals surface area (Å²) in [5, 5.41) is 7.71. The second kappa shape index (κ2) is 8.02. The van der Waals surface area contributed by atoms with Crippen LogP contribution in [0.1, 0.15) is 16.1 Å². The third-order valence-electron chi connectivity index (χ3n) is 3.50. The number of nitrogens with zero attached hydrogens (tertiary/aromatic N) is 1. The van der Waals surface area contributed by atoms with Gasteiger partial charge in [0.2, 0.25) is 15.9 Å². The number of carbonyl (C=O) groups excluding carboxylic acids is 2. The summed E-state index contributed by atoms with van der Waals surface area (Å²) in [6.45, 7) is -0.0413. The van der Waals surface area contributed by atoms with Crippen LogP contribution in [0, 0.1) is 0 Å². The monoisotopic (exact) mass is 381 g/mol. The van der Waals surface area contributed by atoms with Crippen molar-refractivity contribution in [1.29, 1.82) is 0 Å². The van der Waals surface area contributed by atoms with Crippen molar-refractivity contribution < 1.29 is 27.2 Å². The summed E-state index contributed by atoms with van der Waals surface area (Å²) < 4.78 is 33.2. The Morgan fingerprint density at radius 2 is 2.04 bits per heavy atom. The van der Waals surface area contributed by atoms with Gasteiger partial charge >= 0.3 is 0 Å². The summed E-state index contributed by atoms with van der Waals surface area (Å²) in [4.78, 5) is 25.5. The number of methoxy groups -OCH3 is 1. The van der Waals surface area contributed by atoms with Gasteiger partial charge in [-0.15, -0.1) is 0 Å². The molecule has 1 heterocycles. The Morgan fingerprint density at radius 3 is 2.62 bits per heavy atom. The predicted octanol–water partition coefficient (Wildman–Crippen LogP) is 0.324. The highest BCUT2D eigenvalue weighted by Gasteiger charge is 2.21. The van der Waals surface area contributed by atoms with Gasteiger partial charge in [-0.2, -0.15) is 0 Å².